The van der Waals surface area contributed by atoms with Gasteiger partial charge in [0.15, 0.2) is 0 Å². The van der Waals surface area contributed by atoms with Gasteiger partial charge in [-0.1, -0.05) is 0 Å². The van der Waals surface area contributed by atoms with Gasteiger partial charge in [0.05, 0.1) is 0 Å². The normalized spacial score (nSPS) is 23.6. The molecule has 0 aliphatic heterocycles. The Morgan fingerprint density at radius 1 is 0.786 bits per heavy atom. The first-order valence-corrected chi connectivity index (χ1v) is 19.4. The number of halogens is 1. The molecule has 1 heterocycles. The monoisotopic (exact) mass is 574 g/mol. The van der Waals surface area contributed by atoms with Gasteiger partial charge in [0.25, 0.3) is 0 Å². The Labute approximate surface area is 187 Å². The number of carbonyl (C=O) groups is 1. The number of rotatable bonds is 5. The molecular formula is C23H35BrO2SSn. The first-order chi connectivity index (χ1) is 13.7. The van der Waals surface area contributed by atoms with Gasteiger partial charge in [0, 0.05) is 0 Å². The maximum atomic E-state index is 13.4. The van der Waals surface area contributed by atoms with E-state index in [1.807, 2.05) is 12.1 Å². The van der Waals surface area contributed by atoms with Crippen LogP contribution < -0.4 is 0 Å². The van der Waals surface area contributed by atoms with Crippen LogP contribution >= 0.6 is 27.3 Å². The van der Waals surface area contributed by atoms with Crippen LogP contribution in [-0.4, -0.2) is 24.8 Å². The minimum absolute atomic E-state index is 0.0354. The Morgan fingerprint density at radius 3 is 1.57 bits per heavy atom. The summed E-state index contributed by atoms with van der Waals surface area (Å²) in [5.74, 6) is 0.0354. The molecule has 0 N–H and O–H groups in total. The maximum absolute atomic E-state index is 13.4. The summed E-state index contributed by atoms with van der Waals surface area (Å²) >= 11 is 1.89. The number of hydrogen-bond acceptors (Lipinski definition) is 3. The fourth-order valence-electron chi connectivity index (χ4n) is 6.55. The fourth-order valence-corrected chi connectivity index (χ4v) is 27.6. The third-order valence-electron chi connectivity index (χ3n) is 7.77. The number of hydrogen-bond donors (Lipinski definition) is 0. The first-order valence-electron chi connectivity index (χ1n) is 11.7. The van der Waals surface area contributed by atoms with Gasteiger partial charge in [-0.15, -0.1) is 0 Å². The zero-order valence-corrected chi connectivity index (χ0v) is 22.4. The van der Waals surface area contributed by atoms with E-state index < -0.39 is 18.8 Å². The second-order valence-electron chi connectivity index (χ2n) is 9.35. The Bertz CT molecular complexity index is 597. The van der Waals surface area contributed by atoms with Gasteiger partial charge >= 0.3 is 189 Å². The van der Waals surface area contributed by atoms with Crippen LogP contribution in [0.3, 0.4) is 0 Å². The summed E-state index contributed by atoms with van der Waals surface area (Å²) in [6.07, 6.45) is 20.5. The van der Waals surface area contributed by atoms with E-state index in [-0.39, 0.29) is 5.97 Å². The fraction of sp³-hybridized carbons (Fsp3) is 0.783. The molecule has 0 radical (unpaired) electrons. The molecule has 0 saturated heterocycles. The van der Waals surface area contributed by atoms with Crippen LogP contribution in [0.25, 0.3) is 0 Å². The molecule has 156 valence electrons. The van der Waals surface area contributed by atoms with E-state index in [4.69, 9.17) is 3.07 Å². The number of carbonyl (C=O) groups excluding carboxylic acids is 1. The molecule has 0 spiro atoms. The molecular weight excluding hydrogens is 539 g/mol. The van der Waals surface area contributed by atoms with Gasteiger partial charge in [-0.05, 0) is 0 Å². The second kappa shape index (κ2) is 10.2. The van der Waals surface area contributed by atoms with Crippen LogP contribution in [0.1, 0.15) is 106 Å². The van der Waals surface area contributed by atoms with Crippen LogP contribution in [0.15, 0.2) is 15.9 Å². The molecule has 4 rings (SSSR count). The van der Waals surface area contributed by atoms with Crippen LogP contribution in [-0.2, 0) is 3.07 Å². The molecule has 3 aliphatic carbocycles. The molecule has 0 amide bonds. The first kappa shape index (κ1) is 21.7. The quantitative estimate of drug-likeness (QED) is 0.330. The van der Waals surface area contributed by atoms with Crippen molar-refractivity contribution in [3.63, 3.8) is 0 Å². The molecule has 2 nitrogen and oxygen atoms in total. The van der Waals surface area contributed by atoms with E-state index in [0.29, 0.717) is 0 Å². The Balaban J connectivity index is 1.70. The van der Waals surface area contributed by atoms with Gasteiger partial charge in [-0.25, -0.2) is 0 Å². The van der Waals surface area contributed by atoms with Gasteiger partial charge in [0.1, 0.15) is 0 Å². The summed E-state index contributed by atoms with van der Waals surface area (Å²) in [5, 5.41) is 0. The summed E-state index contributed by atoms with van der Waals surface area (Å²) < 4.78 is 10.4. The third-order valence-corrected chi connectivity index (χ3v) is 26.8. The van der Waals surface area contributed by atoms with Crippen LogP contribution in [0.2, 0.25) is 11.8 Å². The van der Waals surface area contributed by atoms with Crippen LogP contribution in [0, 0.1) is 0 Å². The van der Waals surface area contributed by atoms with E-state index in [2.05, 4.69) is 15.9 Å². The molecule has 28 heavy (non-hydrogen) atoms. The van der Waals surface area contributed by atoms with E-state index in [1.54, 1.807) is 11.3 Å². The average Bonchev–Trinajstić information content (AvgIpc) is 3.20. The zero-order valence-electron chi connectivity index (χ0n) is 17.1. The van der Waals surface area contributed by atoms with Crippen LogP contribution in [0.4, 0.5) is 0 Å². The SMILES string of the molecule is O=C([O][Sn]([CH]1CCCCC1)([CH]1CCCCC1)[CH]1CCCCC1)c1ccc(Br)s1. The predicted molar refractivity (Wildman–Crippen MR) is 124 cm³/mol. The minimum atomic E-state index is -3.20. The molecule has 0 atom stereocenters. The van der Waals surface area contributed by atoms with Crippen molar-refractivity contribution in [2.75, 3.05) is 0 Å². The standard InChI is InChI=1S/3C6H11.C5H3BrO2S.Sn/c3*1-2-4-6-5-3-1;6-4-2-1-3(9-4)5(7)8;/h3*1H,2-6H2;1-2H,(H,7,8);/q;;;;+1/p-1. The summed E-state index contributed by atoms with van der Waals surface area (Å²) in [6.45, 7) is 0. The van der Waals surface area contributed by atoms with Crippen molar-refractivity contribution in [1.82, 2.24) is 0 Å². The Morgan fingerprint density at radius 2 is 1.21 bits per heavy atom. The molecule has 3 aliphatic rings. The summed E-state index contributed by atoms with van der Waals surface area (Å²) in [7, 11) is 0. The van der Waals surface area contributed by atoms with Crippen molar-refractivity contribution in [2.45, 2.75) is 108 Å². The van der Waals surface area contributed by atoms with E-state index >= 15 is 0 Å². The molecule has 0 bridgehead atoms. The average molecular weight is 574 g/mol. The molecule has 1 aromatic rings. The number of thiophene rings is 1. The van der Waals surface area contributed by atoms with Crippen molar-refractivity contribution in [1.29, 1.82) is 0 Å². The Kier molecular flexibility index (Phi) is 7.87. The summed E-state index contributed by atoms with van der Waals surface area (Å²) in [5.41, 5.74) is 0. The van der Waals surface area contributed by atoms with Crippen molar-refractivity contribution in [2.24, 2.45) is 0 Å². The predicted octanol–water partition coefficient (Wildman–Crippen LogP) is 8.62. The molecule has 1 aromatic heterocycles. The van der Waals surface area contributed by atoms with E-state index in [9.17, 15) is 4.79 Å². The van der Waals surface area contributed by atoms with E-state index in [1.165, 1.54) is 96.3 Å². The van der Waals surface area contributed by atoms with E-state index in [0.717, 1.165) is 20.5 Å². The zero-order chi connectivity index (χ0) is 19.4. The Hall–Kier alpha value is 0.449. The second-order valence-corrected chi connectivity index (χ2v) is 24.3. The topological polar surface area (TPSA) is 26.3 Å². The molecule has 0 unspecified atom stereocenters. The van der Waals surface area contributed by atoms with Crippen molar-refractivity contribution in [3.05, 3.63) is 20.8 Å². The summed E-state index contributed by atoms with van der Waals surface area (Å²) in [6, 6.07) is 3.97. The molecule has 3 fully saturated rings. The van der Waals surface area contributed by atoms with Crippen molar-refractivity contribution < 1.29 is 7.87 Å². The third kappa shape index (κ3) is 4.69. The molecule has 3 saturated carbocycles. The van der Waals surface area contributed by atoms with Gasteiger partial charge in [-0.2, -0.15) is 0 Å². The van der Waals surface area contributed by atoms with Crippen LogP contribution in [0.5, 0.6) is 0 Å². The van der Waals surface area contributed by atoms with Gasteiger partial charge in [-0.3, -0.25) is 0 Å². The van der Waals surface area contributed by atoms with Gasteiger partial charge < -0.3 is 0 Å². The van der Waals surface area contributed by atoms with Crippen molar-refractivity contribution >= 4 is 52.0 Å². The van der Waals surface area contributed by atoms with Crippen molar-refractivity contribution in [3.8, 4) is 0 Å². The molecule has 0 aromatic carbocycles. The summed E-state index contributed by atoms with van der Waals surface area (Å²) in [4.78, 5) is 14.2. The molecule has 5 heteroatoms. The van der Waals surface area contributed by atoms with Gasteiger partial charge in [0.2, 0.25) is 0 Å².